The summed E-state index contributed by atoms with van der Waals surface area (Å²) in [5.74, 6) is 0.280. The first-order valence-corrected chi connectivity index (χ1v) is 9.91. The molecule has 8 heteroatoms. The predicted octanol–water partition coefficient (Wildman–Crippen LogP) is 1.53. The van der Waals surface area contributed by atoms with Crippen molar-refractivity contribution in [1.29, 1.82) is 0 Å². The van der Waals surface area contributed by atoms with Crippen LogP contribution in [0.15, 0.2) is 54.6 Å². The minimum Gasteiger partial charge on any atom is -0.497 e. The third-order valence-corrected chi connectivity index (χ3v) is 5.49. The van der Waals surface area contributed by atoms with E-state index in [0.29, 0.717) is 30.8 Å². The van der Waals surface area contributed by atoms with E-state index in [2.05, 4.69) is 16.0 Å². The minimum absolute atomic E-state index is 0.110. The lowest BCUT2D eigenvalue weighted by Crippen LogP contribution is -2.65. The molecule has 0 aliphatic carbocycles. The molecule has 4 amide bonds. The maximum absolute atomic E-state index is 12.9. The summed E-state index contributed by atoms with van der Waals surface area (Å²) < 4.78 is 5.15. The van der Waals surface area contributed by atoms with Crippen LogP contribution in [0.25, 0.3) is 0 Å². The molecule has 0 saturated carbocycles. The molecule has 4 rings (SSSR count). The summed E-state index contributed by atoms with van der Waals surface area (Å²) in [6, 6.07) is 14.4. The average molecular weight is 408 g/mol. The molecule has 8 nitrogen and oxygen atoms in total. The molecule has 30 heavy (non-hydrogen) atoms. The molecule has 0 spiro atoms. The zero-order chi connectivity index (χ0) is 21.1. The molecule has 0 unspecified atom stereocenters. The predicted molar refractivity (Wildman–Crippen MR) is 111 cm³/mol. The van der Waals surface area contributed by atoms with Crippen molar-refractivity contribution in [2.24, 2.45) is 0 Å². The maximum Gasteiger partial charge on any atom is 0.319 e. The number of fused-ring (bicyclic) bond motifs is 1. The Labute approximate surface area is 174 Å². The highest BCUT2D eigenvalue weighted by atomic mass is 16.5. The standard InChI is InChI=1S/C22H24N4O4/c1-30-16-9-5-8-15(13-16)23-22(29)25-17-10-11-26-19(17)20(27)24-18(21(26)28)12-14-6-3-2-4-7-14/h2-9,13,17-19H,10-12H2,1H3,(H,24,27)(H2,23,25,29)/t17-,18-,19+/m1/s1. The Morgan fingerprint density at radius 2 is 1.97 bits per heavy atom. The molecular formula is C22H24N4O4. The second-order valence-electron chi connectivity index (χ2n) is 7.45. The summed E-state index contributed by atoms with van der Waals surface area (Å²) in [5, 5.41) is 8.41. The number of amides is 4. The van der Waals surface area contributed by atoms with Crippen LogP contribution >= 0.6 is 0 Å². The first-order chi connectivity index (χ1) is 14.5. The van der Waals surface area contributed by atoms with Crippen LogP contribution in [0.4, 0.5) is 10.5 Å². The molecule has 2 saturated heterocycles. The maximum atomic E-state index is 12.9. The fourth-order valence-corrected chi connectivity index (χ4v) is 4.06. The number of anilines is 1. The smallest absolute Gasteiger partial charge is 0.319 e. The second kappa shape index (κ2) is 8.44. The van der Waals surface area contributed by atoms with E-state index in [1.54, 1.807) is 36.3 Å². The Morgan fingerprint density at radius 1 is 1.17 bits per heavy atom. The van der Waals surface area contributed by atoms with Crippen LogP contribution in [0.1, 0.15) is 12.0 Å². The summed E-state index contributed by atoms with van der Waals surface area (Å²) >= 11 is 0. The van der Waals surface area contributed by atoms with Crippen molar-refractivity contribution in [1.82, 2.24) is 15.5 Å². The van der Waals surface area contributed by atoms with E-state index in [9.17, 15) is 14.4 Å². The normalized spacial score (nSPS) is 22.8. The lowest BCUT2D eigenvalue weighted by atomic mass is 9.99. The highest BCUT2D eigenvalue weighted by Crippen LogP contribution is 2.24. The van der Waals surface area contributed by atoms with E-state index < -0.39 is 24.2 Å². The molecule has 3 atom stereocenters. The number of carbonyl (C=O) groups excluding carboxylic acids is 3. The highest BCUT2D eigenvalue weighted by molar-refractivity contribution is 5.99. The lowest BCUT2D eigenvalue weighted by Gasteiger charge is -2.36. The van der Waals surface area contributed by atoms with Gasteiger partial charge in [-0.1, -0.05) is 36.4 Å². The van der Waals surface area contributed by atoms with E-state index >= 15 is 0 Å². The van der Waals surface area contributed by atoms with Crippen molar-refractivity contribution in [3.8, 4) is 5.75 Å². The summed E-state index contributed by atoms with van der Waals surface area (Å²) in [5.41, 5.74) is 1.56. The molecule has 0 radical (unpaired) electrons. The van der Waals surface area contributed by atoms with Gasteiger partial charge >= 0.3 is 6.03 Å². The van der Waals surface area contributed by atoms with Gasteiger partial charge in [0.15, 0.2) is 0 Å². The van der Waals surface area contributed by atoms with Crippen LogP contribution in [0.5, 0.6) is 5.75 Å². The molecule has 3 N–H and O–H groups in total. The molecule has 0 aromatic heterocycles. The number of nitrogens with one attached hydrogen (secondary N) is 3. The summed E-state index contributed by atoms with van der Waals surface area (Å²) in [7, 11) is 1.55. The summed E-state index contributed by atoms with van der Waals surface area (Å²) in [6.07, 6.45) is 0.969. The lowest BCUT2D eigenvalue weighted by molar-refractivity contribution is -0.147. The zero-order valence-electron chi connectivity index (χ0n) is 16.6. The molecule has 0 bridgehead atoms. The molecule has 156 valence electrons. The number of hydrogen-bond donors (Lipinski definition) is 3. The minimum atomic E-state index is -0.694. The average Bonchev–Trinajstić information content (AvgIpc) is 3.17. The number of nitrogens with zero attached hydrogens (tertiary/aromatic N) is 1. The summed E-state index contributed by atoms with van der Waals surface area (Å²) in [6.45, 7) is 0.437. The Hall–Kier alpha value is -3.55. The molecule has 2 fully saturated rings. The Morgan fingerprint density at radius 3 is 2.73 bits per heavy atom. The van der Waals surface area contributed by atoms with E-state index in [-0.39, 0.29) is 11.8 Å². The first kappa shape index (κ1) is 19.8. The van der Waals surface area contributed by atoms with Gasteiger partial charge in [0.05, 0.1) is 13.2 Å². The number of ether oxygens (including phenoxy) is 1. The van der Waals surface area contributed by atoms with Gasteiger partial charge in [-0.25, -0.2) is 4.79 Å². The van der Waals surface area contributed by atoms with Gasteiger partial charge in [0.2, 0.25) is 11.8 Å². The van der Waals surface area contributed by atoms with Crippen molar-refractivity contribution in [3.05, 3.63) is 60.2 Å². The quantitative estimate of drug-likeness (QED) is 0.699. The molecule has 2 aliphatic heterocycles. The number of rotatable bonds is 5. The first-order valence-electron chi connectivity index (χ1n) is 9.91. The van der Waals surface area contributed by atoms with Crippen LogP contribution in [-0.2, 0) is 16.0 Å². The monoisotopic (exact) mass is 408 g/mol. The van der Waals surface area contributed by atoms with Gasteiger partial charge in [-0.2, -0.15) is 0 Å². The van der Waals surface area contributed by atoms with Crippen molar-refractivity contribution in [3.63, 3.8) is 0 Å². The van der Waals surface area contributed by atoms with Crippen molar-refractivity contribution in [2.75, 3.05) is 19.0 Å². The second-order valence-corrected chi connectivity index (χ2v) is 7.45. The van der Waals surface area contributed by atoms with Crippen molar-refractivity contribution >= 4 is 23.5 Å². The Kier molecular flexibility index (Phi) is 5.56. The van der Waals surface area contributed by atoms with Crippen LogP contribution in [0.3, 0.4) is 0 Å². The topological polar surface area (TPSA) is 99.8 Å². The Bertz CT molecular complexity index is 949. The van der Waals surface area contributed by atoms with Crippen LogP contribution in [0.2, 0.25) is 0 Å². The zero-order valence-corrected chi connectivity index (χ0v) is 16.6. The molecule has 2 aromatic carbocycles. The molecular weight excluding hydrogens is 384 g/mol. The van der Waals surface area contributed by atoms with Crippen LogP contribution in [-0.4, -0.2) is 54.5 Å². The Balaban J connectivity index is 1.39. The van der Waals surface area contributed by atoms with Gasteiger partial charge in [0.25, 0.3) is 0 Å². The van der Waals surface area contributed by atoms with Gasteiger partial charge < -0.3 is 25.6 Å². The van der Waals surface area contributed by atoms with Crippen molar-refractivity contribution in [2.45, 2.75) is 31.0 Å². The van der Waals surface area contributed by atoms with Crippen molar-refractivity contribution < 1.29 is 19.1 Å². The highest BCUT2D eigenvalue weighted by Gasteiger charge is 2.48. The number of urea groups is 1. The van der Waals surface area contributed by atoms with Crippen LogP contribution < -0.4 is 20.7 Å². The van der Waals surface area contributed by atoms with E-state index in [1.807, 2.05) is 30.3 Å². The summed E-state index contributed by atoms with van der Waals surface area (Å²) in [4.78, 5) is 39.7. The third kappa shape index (κ3) is 4.07. The fraction of sp³-hybridized carbons (Fsp3) is 0.318. The SMILES string of the molecule is COc1cccc(NC(=O)N[C@@H]2CCN3C(=O)[C@@H](Cc4ccccc4)NC(=O)[C@H]23)c1. The fourth-order valence-electron chi connectivity index (χ4n) is 4.06. The van der Waals surface area contributed by atoms with Gasteiger partial charge in [0, 0.05) is 24.7 Å². The largest absolute Gasteiger partial charge is 0.497 e. The number of hydrogen-bond acceptors (Lipinski definition) is 4. The number of benzene rings is 2. The molecule has 2 aliphatic rings. The van der Waals surface area contributed by atoms with Crippen LogP contribution in [0, 0.1) is 0 Å². The number of methoxy groups -OCH3 is 1. The number of piperazine rings is 1. The van der Waals surface area contributed by atoms with Gasteiger partial charge in [-0.15, -0.1) is 0 Å². The van der Waals surface area contributed by atoms with Gasteiger partial charge in [-0.05, 0) is 24.1 Å². The number of carbonyl (C=O) groups is 3. The molecule has 2 aromatic rings. The van der Waals surface area contributed by atoms with E-state index in [4.69, 9.17) is 4.74 Å². The van der Waals surface area contributed by atoms with E-state index in [0.717, 1.165) is 5.56 Å². The van der Waals surface area contributed by atoms with Gasteiger partial charge in [-0.3, -0.25) is 9.59 Å². The van der Waals surface area contributed by atoms with Gasteiger partial charge in [0.1, 0.15) is 17.8 Å². The third-order valence-electron chi connectivity index (χ3n) is 5.49. The van der Waals surface area contributed by atoms with E-state index in [1.165, 1.54) is 0 Å². The molecule has 2 heterocycles.